The predicted molar refractivity (Wildman–Crippen MR) is 349 cm³/mol. The second kappa shape index (κ2) is 61.3. The Morgan fingerprint density at radius 3 is 1.14 bits per heavy atom. The zero-order valence-electron chi connectivity index (χ0n) is 54.8. The number of phosphoric ester groups is 1. The minimum atomic E-state index is -4.70. The van der Waals surface area contributed by atoms with E-state index in [4.69, 9.17) is 13.8 Å². The number of nitrogens with zero attached hydrogens (tertiary/aromatic N) is 1. The van der Waals surface area contributed by atoms with Crippen LogP contribution in [0.2, 0.25) is 0 Å². The zero-order chi connectivity index (χ0) is 59.3. The Labute approximate surface area is 504 Å². The van der Waals surface area contributed by atoms with E-state index in [1.54, 1.807) is 0 Å². The first-order valence-corrected chi connectivity index (χ1v) is 36.8. The lowest BCUT2D eigenvalue weighted by Crippen LogP contribution is -2.47. The van der Waals surface area contributed by atoms with Crippen LogP contribution in [0.1, 0.15) is 355 Å². The van der Waals surface area contributed by atoms with Crippen molar-refractivity contribution in [1.29, 1.82) is 0 Å². The molecule has 1 N–H and O–H groups in total. The molecule has 0 aliphatic rings. The number of quaternary nitrogens is 1. The number of hydrogen-bond donors (Lipinski definition) is 1. The van der Waals surface area contributed by atoms with E-state index in [1.807, 2.05) is 33.3 Å². The van der Waals surface area contributed by atoms with Gasteiger partial charge < -0.3 is 28.5 Å². The van der Waals surface area contributed by atoms with E-state index >= 15 is 0 Å². The van der Waals surface area contributed by atoms with E-state index < -0.39 is 20.0 Å². The van der Waals surface area contributed by atoms with Gasteiger partial charge in [0.25, 0.3) is 7.82 Å². The van der Waals surface area contributed by atoms with Gasteiger partial charge in [0.15, 0.2) is 0 Å². The van der Waals surface area contributed by atoms with Gasteiger partial charge in [0.1, 0.15) is 19.3 Å². The number of amides is 1. The number of rotatable bonds is 65. The monoisotopic (exact) mass is 1160 g/mol. The Bertz CT molecular complexity index is 1480. The molecule has 0 aromatic rings. The van der Waals surface area contributed by atoms with E-state index in [1.165, 1.54) is 257 Å². The summed E-state index contributed by atoms with van der Waals surface area (Å²) < 4.78 is 30.5. The number of phosphoric acid groups is 1. The fraction of sp³-hybridized carbons (Fsp3) is 0.887. The number of carbonyl (C=O) groups excluding carboxylic acids is 2. The minimum Gasteiger partial charge on any atom is -0.756 e. The van der Waals surface area contributed by atoms with E-state index in [0.717, 1.165) is 64.2 Å². The summed E-state index contributed by atoms with van der Waals surface area (Å²) in [5.41, 5.74) is 0. The van der Waals surface area contributed by atoms with Gasteiger partial charge in [0, 0.05) is 12.8 Å². The SMILES string of the molecule is CCCCC/C=C\C/C=C\CCCCCCCCCCCCCCCC(=O)NC(COP(=O)([O-])OCC[N+](C)(C)C)C(/C=C/CCCCCCCCCCCCC)OC(=O)CCCCCCCCCCCCCCCCCCCCC. The van der Waals surface area contributed by atoms with Crippen molar-refractivity contribution in [2.24, 2.45) is 0 Å². The van der Waals surface area contributed by atoms with Crippen LogP contribution in [0.4, 0.5) is 0 Å². The van der Waals surface area contributed by atoms with Crippen molar-refractivity contribution in [2.45, 2.75) is 367 Å². The summed E-state index contributed by atoms with van der Waals surface area (Å²) in [7, 11) is 1.20. The molecule has 0 rings (SSSR count). The van der Waals surface area contributed by atoms with Crippen LogP contribution < -0.4 is 10.2 Å². The molecular weight excluding hydrogens is 1020 g/mol. The van der Waals surface area contributed by atoms with Crippen LogP contribution in [0.25, 0.3) is 0 Å². The molecule has 9 nitrogen and oxygen atoms in total. The normalized spacial score (nSPS) is 13.7. The quantitative estimate of drug-likeness (QED) is 0.0212. The van der Waals surface area contributed by atoms with E-state index in [9.17, 15) is 19.0 Å². The summed E-state index contributed by atoms with van der Waals surface area (Å²) in [6.07, 6.45) is 75.4. The highest BCUT2D eigenvalue weighted by Gasteiger charge is 2.27. The second-order valence-electron chi connectivity index (χ2n) is 25.4. The molecular formula is C71H137N2O7P. The molecule has 0 aliphatic heterocycles. The molecule has 1 amide bonds. The van der Waals surface area contributed by atoms with Gasteiger partial charge in [-0.2, -0.15) is 0 Å². The molecule has 478 valence electrons. The molecule has 10 heteroatoms. The Morgan fingerprint density at radius 1 is 0.432 bits per heavy atom. The standard InChI is InChI=1S/C71H137N2O7P/c1-7-10-13-16-19-22-25-28-30-32-34-35-36-37-39-40-42-45-48-51-54-57-60-63-70(74)72-68(67-79-81(76,77)78-66-65-73(4,5)6)69(62-59-56-53-50-47-44-27-24-21-18-15-12-9-3)80-71(75)64-61-58-55-52-49-46-43-41-38-33-31-29-26-23-20-17-14-11-8-2/h19,22,28,30,59,62,68-69H,7-18,20-21,23-27,29,31-58,60-61,63-67H2,1-6H3,(H-,72,74,76,77)/b22-19-,30-28-,62-59+. The lowest BCUT2D eigenvalue weighted by atomic mass is 10.0. The molecule has 0 radical (unpaired) electrons. The first-order valence-electron chi connectivity index (χ1n) is 35.3. The molecule has 0 saturated heterocycles. The molecule has 0 spiro atoms. The summed E-state index contributed by atoms with van der Waals surface area (Å²) >= 11 is 0. The summed E-state index contributed by atoms with van der Waals surface area (Å²) in [6, 6.07) is -0.885. The molecule has 0 heterocycles. The molecule has 81 heavy (non-hydrogen) atoms. The lowest BCUT2D eigenvalue weighted by Gasteiger charge is -2.30. The van der Waals surface area contributed by atoms with Crippen LogP contribution in [-0.4, -0.2) is 69.4 Å². The summed E-state index contributed by atoms with van der Waals surface area (Å²) in [5, 5.41) is 3.05. The highest BCUT2D eigenvalue weighted by Crippen LogP contribution is 2.38. The smallest absolute Gasteiger partial charge is 0.306 e. The third-order valence-electron chi connectivity index (χ3n) is 16.1. The maximum atomic E-state index is 13.6. The van der Waals surface area contributed by atoms with E-state index in [0.29, 0.717) is 17.4 Å². The van der Waals surface area contributed by atoms with Crippen LogP contribution in [-0.2, 0) is 27.9 Å². The van der Waals surface area contributed by atoms with Crippen molar-refractivity contribution in [2.75, 3.05) is 40.9 Å². The van der Waals surface area contributed by atoms with Gasteiger partial charge in [0.05, 0.1) is 33.8 Å². The number of carbonyl (C=O) groups is 2. The number of ether oxygens (including phenoxy) is 1. The molecule has 0 saturated carbocycles. The highest BCUT2D eigenvalue weighted by atomic mass is 31.2. The van der Waals surface area contributed by atoms with Gasteiger partial charge in [-0.3, -0.25) is 14.2 Å². The number of unbranched alkanes of at least 4 members (excludes halogenated alkanes) is 45. The summed E-state index contributed by atoms with van der Waals surface area (Å²) in [4.78, 5) is 40.2. The van der Waals surface area contributed by atoms with Crippen molar-refractivity contribution in [3.8, 4) is 0 Å². The number of allylic oxidation sites excluding steroid dienone is 5. The minimum absolute atomic E-state index is 0.0193. The molecule has 0 aromatic carbocycles. The van der Waals surface area contributed by atoms with Gasteiger partial charge in [-0.25, -0.2) is 0 Å². The first-order chi connectivity index (χ1) is 39.4. The van der Waals surface area contributed by atoms with E-state index in [-0.39, 0.29) is 31.5 Å². The lowest BCUT2D eigenvalue weighted by molar-refractivity contribution is -0.870. The molecule has 0 aromatic heterocycles. The zero-order valence-corrected chi connectivity index (χ0v) is 55.7. The Balaban J connectivity index is 5.09. The number of hydrogen-bond acceptors (Lipinski definition) is 7. The Kier molecular flexibility index (Phi) is 60.0. The van der Waals surface area contributed by atoms with Crippen molar-refractivity contribution < 1.29 is 37.3 Å². The number of nitrogens with one attached hydrogen (secondary N) is 1. The highest BCUT2D eigenvalue weighted by molar-refractivity contribution is 7.45. The first kappa shape index (κ1) is 79.2. The maximum Gasteiger partial charge on any atom is 0.306 e. The summed E-state index contributed by atoms with van der Waals surface area (Å²) in [6.45, 7) is 6.88. The van der Waals surface area contributed by atoms with Gasteiger partial charge in [0.2, 0.25) is 5.91 Å². The van der Waals surface area contributed by atoms with Crippen molar-refractivity contribution in [3.05, 3.63) is 36.5 Å². The number of esters is 1. The van der Waals surface area contributed by atoms with Crippen molar-refractivity contribution >= 4 is 19.7 Å². The Hall–Kier alpha value is -1.77. The average Bonchev–Trinajstić information content (AvgIpc) is 3.44. The van der Waals surface area contributed by atoms with Crippen LogP contribution in [0, 0.1) is 0 Å². The van der Waals surface area contributed by atoms with E-state index in [2.05, 4.69) is 50.4 Å². The molecule has 3 unspecified atom stereocenters. The maximum absolute atomic E-state index is 13.6. The number of likely N-dealkylation sites (N-methyl/N-ethyl adjacent to an activating group) is 1. The third kappa shape index (κ3) is 62.6. The summed E-state index contributed by atoms with van der Waals surface area (Å²) in [5.74, 6) is -0.521. The fourth-order valence-electron chi connectivity index (χ4n) is 10.6. The molecule has 0 bridgehead atoms. The van der Waals surface area contributed by atoms with Crippen LogP contribution >= 0.6 is 7.82 Å². The van der Waals surface area contributed by atoms with Gasteiger partial charge in [-0.05, 0) is 63.9 Å². The molecule has 0 fully saturated rings. The van der Waals surface area contributed by atoms with Crippen molar-refractivity contribution in [3.63, 3.8) is 0 Å². The fourth-order valence-corrected chi connectivity index (χ4v) is 11.3. The molecule has 0 aliphatic carbocycles. The van der Waals surface area contributed by atoms with Crippen LogP contribution in [0.15, 0.2) is 36.5 Å². The largest absolute Gasteiger partial charge is 0.756 e. The van der Waals surface area contributed by atoms with Gasteiger partial charge >= 0.3 is 5.97 Å². The van der Waals surface area contributed by atoms with Crippen LogP contribution in [0.3, 0.4) is 0 Å². The van der Waals surface area contributed by atoms with Crippen LogP contribution in [0.5, 0.6) is 0 Å². The van der Waals surface area contributed by atoms with Crippen molar-refractivity contribution in [1.82, 2.24) is 5.32 Å². The van der Waals surface area contributed by atoms with Gasteiger partial charge in [-0.15, -0.1) is 0 Å². The third-order valence-corrected chi connectivity index (χ3v) is 17.0. The topological polar surface area (TPSA) is 114 Å². The second-order valence-corrected chi connectivity index (χ2v) is 26.8. The molecule has 3 atom stereocenters. The predicted octanol–water partition coefficient (Wildman–Crippen LogP) is 21.6. The van der Waals surface area contributed by atoms with Gasteiger partial charge in [-0.1, -0.05) is 314 Å². The average molecular weight is 1160 g/mol. The Morgan fingerprint density at radius 2 is 0.753 bits per heavy atom.